The number of carbonyl (C=O) groups excluding carboxylic acids is 1. The molecule has 0 saturated carbocycles. The molecular weight excluding hydrogens is 294 g/mol. The maximum atomic E-state index is 11.9. The highest BCUT2D eigenvalue weighted by Crippen LogP contribution is 2.18. The number of benzene rings is 1. The number of anilines is 2. The number of nitrogens with two attached hydrogens (primary N) is 1. The first-order valence-corrected chi connectivity index (χ1v) is 6.13. The zero-order valence-corrected chi connectivity index (χ0v) is 11.4. The lowest BCUT2D eigenvalue weighted by molar-refractivity contribution is 0.102. The van der Waals surface area contributed by atoms with Gasteiger partial charge in [0, 0.05) is 28.2 Å². The van der Waals surface area contributed by atoms with E-state index in [1.54, 1.807) is 18.3 Å². The zero-order chi connectivity index (χ0) is 13.1. The fraction of sp³-hybridized carbons (Fsp3) is 0.0769. The average Bonchev–Trinajstić information content (AvgIpc) is 2.34. The molecule has 2 aromatic rings. The topological polar surface area (TPSA) is 68.0 Å². The van der Waals surface area contributed by atoms with Crippen molar-refractivity contribution in [2.75, 3.05) is 11.1 Å². The Morgan fingerprint density at radius 2 is 2.11 bits per heavy atom. The van der Waals surface area contributed by atoms with Crippen LogP contribution in [0.4, 0.5) is 11.4 Å². The van der Waals surface area contributed by atoms with Gasteiger partial charge >= 0.3 is 0 Å². The molecular formula is C13H12BrN3O. The molecule has 2 rings (SSSR count). The SMILES string of the molecule is Cc1ccc(NC(=O)c2cncc(Br)c2)cc1N. The van der Waals surface area contributed by atoms with Gasteiger partial charge in [0.05, 0.1) is 5.56 Å². The van der Waals surface area contributed by atoms with Crippen LogP contribution in [0.1, 0.15) is 15.9 Å². The van der Waals surface area contributed by atoms with E-state index in [2.05, 4.69) is 26.2 Å². The molecule has 0 aliphatic rings. The summed E-state index contributed by atoms with van der Waals surface area (Å²) in [5.74, 6) is -0.216. The van der Waals surface area contributed by atoms with E-state index in [1.807, 2.05) is 19.1 Å². The van der Waals surface area contributed by atoms with Crippen molar-refractivity contribution in [3.8, 4) is 0 Å². The van der Waals surface area contributed by atoms with Crippen molar-refractivity contribution in [2.45, 2.75) is 6.92 Å². The van der Waals surface area contributed by atoms with E-state index < -0.39 is 0 Å². The van der Waals surface area contributed by atoms with Crippen LogP contribution in [-0.2, 0) is 0 Å². The van der Waals surface area contributed by atoms with Crippen molar-refractivity contribution in [2.24, 2.45) is 0 Å². The van der Waals surface area contributed by atoms with Gasteiger partial charge in [-0.05, 0) is 46.6 Å². The molecule has 1 heterocycles. The minimum Gasteiger partial charge on any atom is -0.398 e. The van der Waals surface area contributed by atoms with E-state index in [4.69, 9.17) is 5.73 Å². The van der Waals surface area contributed by atoms with Gasteiger partial charge in [-0.1, -0.05) is 6.07 Å². The molecule has 92 valence electrons. The van der Waals surface area contributed by atoms with Crippen LogP contribution in [0.5, 0.6) is 0 Å². The quantitative estimate of drug-likeness (QED) is 0.838. The van der Waals surface area contributed by atoms with E-state index in [-0.39, 0.29) is 5.91 Å². The van der Waals surface area contributed by atoms with Gasteiger partial charge in [0.2, 0.25) is 0 Å². The number of nitrogens with zero attached hydrogens (tertiary/aromatic N) is 1. The summed E-state index contributed by atoms with van der Waals surface area (Å²) in [6.45, 7) is 1.92. The molecule has 4 nitrogen and oxygen atoms in total. The molecule has 1 amide bonds. The standard InChI is InChI=1S/C13H12BrN3O/c1-8-2-3-11(5-12(8)15)17-13(18)9-4-10(14)7-16-6-9/h2-7H,15H2,1H3,(H,17,18). The summed E-state index contributed by atoms with van der Waals surface area (Å²) in [6, 6.07) is 7.12. The maximum Gasteiger partial charge on any atom is 0.257 e. The Balaban J connectivity index is 2.18. The number of nitrogen functional groups attached to an aromatic ring is 1. The Kier molecular flexibility index (Phi) is 3.62. The summed E-state index contributed by atoms with van der Waals surface area (Å²) in [4.78, 5) is 15.9. The van der Waals surface area contributed by atoms with Gasteiger partial charge in [-0.2, -0.15) is 0 Å². The minimum atomic E-state index is -0.216. The van der Waals surface area contributed by atoms with Gasteiger partial charge in [0.15, 0.2) is 0 Å². The molecule has 0 spiro atoms. The van der Waals surface area contributed by atoms with E-state index in [0.29, 0.717) is 16.9 Å². The van der Waals surface area contributed by atoms with Crippen molar-refractivity contribution >= 4 is 33.2 Å². The van der Waals surface area contributed by atoms with Crippen LogP contribution < -0.4 is 11.1 Å². The fourth-order valence-electron chi connectivity index (χ4n) is 1.46. The van der Waals surface area contributed by atoms with E-state index >= 15 is 0 Å². The second-order valence-electron chi connectivity index (χ2n) is 3.92. The Hall–Kier alpha value is -1.88. The number of carbonyl (C=O) groups is 1. The van der Waals surface area contributed by atoms with Gasteiger partial charge in [-0.15, -0.1) is 0 Å². The maximum absolute atomic E-state index is 11.9. The van der Waals surface area contributed by atoms with Crippen molar-refractivity contribution < 1.29 is 4.79 Å². The molecule has 0 saturated heterocycles. The second kappa shape index (κ2) is 5.18. The molecule has 5 heteroatoms. The predicted molar refractivity (Wildman–Crippen MR) is 75.5 cm³/mol. The van der Waals surface area contributed by atoms with Crippen LogP contribution >= 0.6 is 15.9 Å². The highest BCUT2D eigenvalue weighted by molar-refractivity contribution is 9.10. The summed E-state index contributed by atoms with van der Waals surface area (Å²) in [5, 5.41) is 2.77. The lowest BCUT2D eigenvalue weighted by Crippen LogP contribution is -2.12. The molecule has 0 unspecified atom stereocenters. The minimum absolute atomic E-state index is 0.216. The number of aromatic nitrogens is 1. The van der Waals surface area contributed by atoms with Gasteiger partial charge in [0.25, 0.3) is 5.91 Å². The highest BCUT2D eigenvalue weighted by atomic mass is 79.9. The lowest BCUT2D eigenvalue weighted by atomic mass is 10.2. The molecule has 0 fully saturated rings. The third-order valence-electron chi connectivity index (χ3n) is 2.50. The Morgan fingerprint density at radius 1 is 1.33 bits per heavy atom. The number of nitrogens with one attached hydrogen (secondary N) is 1. The predicted octanol–water partition coefficient (Wildman–Crippen LogP) is 2.99. The number of hydrogen-bond acceptors (Lipinski definition) is 3. The Morgan fingerprint density at radius 3 is 2.78 bits per heavy atom. The molecule has 18 heavy (non-hydrogen) atoms. The second-order valence-corrected chi connectivity index (χ2v) is 4.83. The fourth-order valence-corrected chi connectivity index (χ4v) is 1.82. The molecule has 1 aromatic carbocycles. The first kappa shape index (κ1) is 12.6. The van der Waals surface area contributed by atoms with Crippen LogP contribution in [0, 0.1) is 6.92 Å². The smallest absolute Gasteiger partial charge is 0.257 e. The first-order valence-electron chi connectivity index (χ1n) is 5.34. The largest absolute Gasteiger partial charge is 0.398 e. The Bertz CT molecular complexity index is 599. The summed E-state index contributed by atoms with van der Waals surface area (Å²) < 4.78 is 0.763. The van der Waals surface area contributed by atoms with Crippen LogP contribution in [0.2, 0.25) is 0 Å². The van der Waals surface area contributed by atoms with E-state index in [1.165, 1.54) is 6.20 Å². The summed E-state index contributed by atoms with van der Waals surface area (Å²) in [7, 11) is 0. The van der Waals surface area contributed by atoms with Gasteiger partial charge in [-0.3, -0.25) is 9.78 Å². The molecule has 1 aromatic heterocycles. The molecule has 0 radical (unpaired) electrons. The summed E-state index contributed by atoms with van der Waals surface area (Å²) >= 11 is 3.27. The number of rotatable bonds is 2. The normalized spacial score (nSPS) is 10.1. The summed E-state index contributed by atoms with van der Waals surface area (Å²) in [5.41, 5.74) is 8.58. The van der Waals surface area contributed by atoms with Crippen molar-refractivity contribution in [3.05, 3.63) is 52.3 Å². The monoisotopic (exact) mass is 305 g/mol. The molecule has 0 atom stereocenters. The van der Waals surface area contributed by atoms with Crippen LogP contribution in [0.15, 0.2) is 41.1 Å². The van der Waals surface area contributed by atoms with Crippen molar-refractivity contribution in [1.82, 2.24) is 4.98 Å². The lowest BCUT2D eigenvalue weighted by Gasteiger charge is -2.07. The molecule has 3 N–H and O–H groups in total. The molecule has 0 aliphatic heterocycles. The summed E-state index contributed by atoms with van der Waals surface area (Å²) in [6.07, 6.45) is 3.14. The van der Waals surface area contributed by atoms with Gasteiger partial charge < -0.3 is 11.1 Å². The van der Waals surface area contributed by atoms with Crippen molar-refractivity contribution in [3.63, 3.8) is 0 Å². The van der Waals surface area contributed by atoms with Crippen LogP contribution in [-0.4, -0.2) is 10.9 Å². The van der Waals surface area contributed by atoms with E-state index in [9.17, 15) is 4.79 Å². The number of hydrogen-bond donors (Lipinski definition) is 2. The third kappa shape index (κ3) is 2.87. The number of halogens is 1. The zero-order valence-electron chi connectivity index (χ0n) is 9.77. The van der Waals surface area contributed by atoms with Crippen molar-refractivity contribution in [1.29, 1.82) is 0 Å². The van der Waals surface area contributed by atoms with E-state index in [0.717, 1.165) is 10.0 Å². The number of aryl methyl sites for hydroxylation is 1. The Labute approximate surface area is 113 Å². The number of amides is 1. The number of pyridine rings is 1. The molecule has 0 aliphatic carbocycles. The van der Waals surface area contributed by atoms with Crippen LogP contribution in [0.3, 0.4) is 0 Å². The average molecular weight is 306 g/mol. The third-order valence-corrected chi connectivity index (χ3v) is 2.94. The van der Waals surface area contributed by atoms with Crippen LogP contribution in [0.25, 0.3) is 0 Å². The highest BCUT2D eigenvalue weighted by Gasteiger charge is 2.07. The molecule has 0 bridgehead atoms. The van der Waals surface area contributed by atoms with Gasteiger partial charge in [-0.25, -0.2) is 0 Å². The first-order chi connectivity index (χ1) is 8.56. The van der Waals surface area contributed by atoms with Gasteiger partial charge in [0.1, 0.15) is 0 Å².